The molecule has 1 unspecified atom stereocenters. The molecule has 0 bridgehead atoms. The zero-order chi connectivity index (χ0) is 10.3. The molecule has 14 heavy (non-hydrogen) atoms. The molecule has 1 aromatic rings. The fraction of sp³-hybridized carbons (Fsp3) is 0.571. The highest BCUT2D eigenvalue weighted by atomic mass is 32.2. The van der Waals surface area contributed by atoms with Crippen LogP contribution in [0.15, 0.2) is 11.1 Å². The minimum atomic E-state index is -1.61. The molecule has 0 aliphatic carbocycles. The molecule has 0 amide bonds. The molecule has 6 nitrogen and oxygen atoms in total. The number of rotatable bonds is 2. The molecular formula is C7H11N3O3S. The fourth-order valence-corrected chi connectivity index (χ4v) is 1.85. The molecule has 0 radical (unpaired) electrons. The fourth-order valence-electron chi connectivity index (χ4n) is 1.42. The van der Waals surface area contributed by atoms with Crippen molar-refractivity contribution in [2.24, 2.45) is 12.2 Å². The lowest BCUT2D eigenvalue weighted by molar-refractivity contribution is -0.188. The zero-order valence-corrected chi connectivity index (χ0v) is 8.45. The summed E-state index contributed by atoms with van der Waals surface area (Å²) in [6.07, 6.45) is 0. The van der Waals surface area contributed by atoms with Crippen LogP contribution in [0.3, 0.4) is 0 Å². The van der Waals surface area contributed by atoms with E-state index in [0.717, 1.165) is 0 Å². The quantitative estimate of drug-likeness (QED) is 0.638. The highest BCUT2D eigenvalue weighted by Crippen LogP contribution is 2.29. The molecule has 0 saturated carbocycles. The number of hydrogen-bond acceptors (Lipinski definition) is 4. The van der Waals surface area contributed by atoms with Crippen molar-refractivity contribution in [1.29, 1.82) is 0 Å². The molecule has 78 valence electrons. The van der Waals surface area contributed by atoms with E-state index in [9.17, 15) is 9.32 Å². The second-order valence-corrected chi connectivity index (χ2v) is 4.33. The Bertz CT molecular complexity index is 386. The number of ether oxygens (including phenoxy) is 1. The van der Waals surface area contributed by atoms with Gasteiger partial charge in [-0.1, -0.05) is 0 Å². The van der Waals surface area contributed by atoms with Crippen LogP contribution in [-0.2, 0) is 28.4 Å². The molecule has 0 aromatic carbocycles. The maximum Gasteiger partial charge on any atom is 0.164 e. The summed E-state index contributed by atoms with van der Waals surface area (Å²) in [6.45, 7) is 0.479. The van der Waals surface area contributed by atoms with Crippen LogP contribution in [0.5, 0.6) is 0 Å². The Hall–Kier alpha value is -0.760. The van der Waals surface area contributed by atoms with Crippen molar-refractivity contribution in [1.82, 2.24) is 9.78 Å². The number of aryl methyl sites for hydroxylation is 1. The standard InChI is InChI=1S/C7H11N3O3S/c1-10-5(7(11)3-13-4-7)2-6(9-10)14(8)12/h2,11H,3-4,8H2,1H3. The van der Waals surface area contributed by atoms with Gasteiger partial charge in [-0.25, -0.2) is 9.35 Å². The molecule has 1 aliphatic rings. The van der Waals surface area contributed by atoms with Crippen LogP contribution in [0, 0.1) is 0 Å². The summed E-state index contributed by atoms with van der Waals surface area (Å²) in [5.41, 5.74) is -0.420. The Morgan fingerprint density at radius 3 is 2.79 bits per heavy atom. The highest BCUT2D eigenvalue weighted by molar-refractivity contribution is 7.82. The smallest absolute Gasteiger partial charge is 0.164 e. The first kappa shape index (κ1) is 9.78. The van der Waals surface area contributed by atoms with Crippen LogP contribution in [0.4, 0.5) is 0 Å². The summed E-state index contributed by atoms with van der Waals surface area (Å²) < 4.78 is 17.3. The van der Waals surface area contributed by atoms with Crippen molar-refractivity contribution in [2.45, 2.75) is 10.6 Å². The van der Waals surface area contributed by atoms with Gasteiger partial charge in [-0.2, -0.15) is 5.10 Å². The van der Waals surface area contributed by atoms with Crippen LogP contribution in [-0.4, -0.2) is 32.3 Å². The first-order valence-electron chi connectivity index (χ1n) is 4.04. The summed E-state index contributed by atoms with van der Waals surface area (Å²) in [4.78, 5) is 0. The first-order valence-corrected chi connectivity index (χ1v) is 5.25. The van der Waals surface area contributed by atoms with E-state index in [-0.39, 0.29) is 18.2 Å². The first-order chi connectivity index (χ1) is 6.53. The number of hydrogen-bond donors (Lipinski definition) is 2. The highest BCUT2D eigenvalue weighted by Gasteiger charge is 2.41. The van der Waals surface area contributed by atoms with E-state index in [0.29, 0.717) is 5.69 Å². The topological polar surface area (TPSA) is 90.4 Å². The predicted octanol–water partition coefficient (Wildman–Crippen LogP) is -1.38. The average molecular weight is 217 g/mol. The van der Waals surface area contributed by atoms with E-state index in [4.69, 9.17) is 9.88 Å². The number of aromatic nitrogens is 2. The Morgan fingerprint density at radius 1 is 1.79 bits per heavy atom. The second kappa shape index (κ2) is 3.13. The summed E-state index contributed by atoms with van der Waals surface area (Å²) in [5, 5.41) is 19.3. The molecule has 2 heterocycles. The van der Waals surface area contributed by atoms with Gasteiger partial charge in [0.25, 0.3) is 0 Å². The van der Waals surface area contributed by atoms with E-state index in [2.05, 4.69) is 5.10 Å². The minimum absolute atomic E-state index is 0.239. The third-order valence-corrected chi connectivity index (χ3v) is 2.83. The maximum absolute atomic E-state index is 10.9. The van der Waals surface area contributed by atoms with Crippen LogP contribution in [0.2, 0.25) is 0 Å². The van der Waals surface area contributed by atoms with Crippen LogP contribution in [0.25, 0.3) is 0 Å². The van der Waals surface area contributed by atoms with Crippen molar-refractivity contribution in [3.8, 4) is 0 Å². The van der Waals surface area contributed by atoms with Crippen molar-refractivity contribution >= 4 is 11.0 Å². The van der Waals surface area contributed by atoms with Crippen LogP contribution < -0.4 is 5.14 Å². The van der Waals surface area contributed by atoms with E-state index >= 15 is 0 Å². The summed E-state index contributed by atoms with van der Waals surface area (Å²) in [6, 6.07) is 1.54. The number of aliphatic hydroxyl groups is 1. The molecule has 1 aliphatic heterocycles. The second-order valence-electron chi connectivity index (χ2n) is 3.31. The van der Waals surface area contributed by atoms with Crippen molar-refractivity contribution < 1.29 is 14.1 Å². The zero-order valence-electron chi connectivity index (χ0n) is 7.64. The molecule has 1 fully saturated rings. The largest absolute Gasteiger partial charge is 0.379 e. The summed E-state index contributed by atoms with van der Waals surface area (Å²) in [5.74, 6) is 0. The molecular weight excluding hydrogens is 206 g/mol. The van der Waals surface area contributed by atoms with Gasteiger partial charge in [-0.05, 0) is 0 Å². The lowest BCUT2D eigenvalue weighted by Crippen LogP contribution is -2.47. The molecule has 1 atom stereocenters. The van der Waals surface area contributed by atoms with Gasteiger partial charge in [0.15, 0.2) is 10.6 Å². The molecule has 3 N–H and O–H groups in total. The van der Waals surface area contributed by atoms with Gasteiger partial charge in [-0.3, -0.25) is 4.68 Å². The van der Waals surface area contributed by atoms with Crippen LogP contribution >= 0.6 is 0 Å². The molecule has 2 rings (SSSR count). The van der Waals surface area contributed by atoms with Gasteiger partial charge < -0.3 is 9.84 Å². The van der Waals surface area contributed by atoms with E-state index in [1.54, 1.807) is 13.1 Å². The van der Waals surface area contributed by atoms with Crippen molar-refractivity contribution in [2.75, 3.05) is 13.2 Å². The van der Waals surface area contributed by atoms with Crippen LogP contribution in [0.1, 0.15) is 5.69 Å². The van der Waals surface area contributed by atoms with Gasteiger partial charge in [0, 0.05) is 13.1 Å². The Balaban J connectivity index is 2.38. The number of nitrogens with two attached hydrogens (primary N) is 1. The molecule has 0 spiro atoms. The lowest BCUT2D eigenvalue weighted by atomic mass is 9.98. The van der Waals surface area contributed by atoms with E-state index < -0.39 is 16.6 Å². The third-order valence-electron chi connectivity index (χ3n) is 2.22. The van der Waals surface area contributed by atoms with Gasteiger partial charge in [-0.15, -0.1) is 0 Å². The van der Waals surface area contributed by atoms with Gasteiger partial charge >= 0.3 is 0 Å². The van der Waals surface area contributed by atoms with Crippen molar-refractivity contribution in [3.05, 3.63) is 11.8 Å². The number of nitrogens with zero attached hydrogens (tertiary/aromatic N) is 2. The third kappa shape index (κ3) is 1.38. The lowest BCUT2D eigenvalue weighted by Gasteiger charge is -2.35. The van der Waals surface area contributed by atoms with E-state index in [1.807, 2.05) is 0 Å². The normalized spacial score (nSPS) is 21.6. The summed E-state index contributed by atoms with van der Waals surface area (Å²) in [7, 11) is 0.0537. The molecule has 1 aromatic heterocycles. The van der Waals surface area contributed by atoms with Crippen molar-refractivity contribution in [3.63, 3.8) is 0 Å². The summed E-state index contributed by atoms with van der Waals surface area (Å²) >= 11 is 0. The van der Waals surface area contributed by atoms with E-state index in [1.165, 1.54) is 4.68 Å². The Labute approximate surface area is 83.2 Å². The van der Waals surface area contributed by atoms with Gasteiger partial charge in [0.2, 0.25) is 0 Å². The SMILES string of the molecule is Cn1nc(S(N)=O)cc1C1(O)COC1. The predicted molar refractivity (Wildman–Crippen MR) is 48.5 cm³/mol. The van der Waals surface area contributed by atoms with Gasteiger partial charge in [0.05, 0.1) is 18.9 Å². The molecule has 1 saturated heterocycles. The Morgan fingerprint density at radius 2 is 2.43 bits per heavy atom. The monoisotopic (exact) mass is 217 g/mol. The average Bonchev–Trinajstić information content (AvgIpc) is 2.43. The molecule has 7 heteroatoms. The minimum Gasteiger partial charge on any atom is -0.379 e. The maximum atomic E-state index is 10.9. The van der Waals surface area contributed by atoms with Gasteiger partial charge in [0.1, 0.15) is 11.0 Å². The Kier molecular flexibility index (Phi) is 2.18.